The Bertz CT molecular complexity index is 375. The van der Waals surface area contributed by atoms with Crippen LogP contribution in [0.15, 0.2) is 18.2 Å². The van der Waals surface area contributed by atoms with Crippen LogP contribution < -0.4 is 10.1 Å². The van der Waals surface area contributed by atoms with Crippen molar-refractivity contribution in [2.45, 2.75) is 47.0 Å². The molecule has 3 heteroatoms. The van der Waals surface area contributed by atoms with Crippen molar-refractivity contribution in [3.8, 4) is 5.75 Å². The first kappa shape index (κ1) is 15.0. The van der Waals surface area contributed by atoms with E-state index in [1.165, 1.54) is 5.56 Å². The van der Waals surface area contributed by atoms with Gasteiger partial charge in [-0.2, -0.15) is 0 Å². The van der Waals surface area contributed by atoms with Crippen molar-refractivity contribution in [2.75, 3.05) is 6.54 Å². The van der Waals surface area contributed by atoms with E-state index >= 15 is 0 Å². The van der Waals surface area contributed by atoms with E-state index in [-0.39, 0.29) is 6.23 Å². The van der Waals surface area contributed by atoms with E-state index in [4.69, 9.17) is 4.74 Å². The largest absolute Gasteiger partial charge is 0.472 e. The topological polar surface area (TPSA) is 41.5 Å². The van der Waals surface area contributed by atoms with Gasteiger partial charge in [0.1, 0.15) is 11.9 Å². The zero-order valence-corrected chi connectivity index (χ0v) is 12.0. The molecule has 2 atom stereocenters. The lowest BCUT2D eigenvalue weighted by Gasteiger charge is -2.25. The summed E-state index contributed by atoms with van der Waals surface area (Å²) in [6, 6.07) is 5.97. The third-order valence-electron chi connectivity index (χ3n) is 2.97. The fraction of sp³-hybridized carbons (Fsp3) is 0.600. The molecule has 102 valence electrons. The summed E-state index contributed by atoms with van der Waals surface area (Å²) >= 11 is 0. The van der Waals surface area contributed by atoms with Crippen LogP contribution in [0.4, 0.5) is 0 Å². The Balaban J connectivity index is 2.74. The van der Waals surface area contributed by atoms with E-state index in [1.54, 1.807) is 6.92 Å². The second kappa shape index (κ2) is 6.76. The number of benzene rings is 1. The van der Waals surface area contributed by atoms with Gasteiger partial charge in [0.2, 0.25) is 0 Å². The fourth-order valence-corrected chi connectivity index (χ4v) is 1.65. The Morgan fingerprint density at radius 2 is 1.89 bits per heavy atom. The summed E-state index contributed by atoms with van der Waals surface area (Å²) in [5, 5.41) is 13.0. The van der Waals surface area contributed by atoms with Crippen molar-refractivity contribution < 1.29 is 9.84 Å². The van der Waals surface area contributed by atoms with E-state index < -0.39 is 6.10 Å². The van der Waals surface area contributed by atoms with E-state index in [2.05, 4.69) is 32.2 Å². The number of aliphatic hydroxyl groups excluding tert-OH is 1. The van der Waals surface area contributed by atoms with Crippen molar-refractivity contribution in [2.24, 2.45) is 5.92 Å². The predicted octanol–water partition coefficient (Wildman–Crippen LogP) is 2.63. The van der Waals surface area contributed by atoms with Gasteiger partial charge < -0.3 is 9.84 Å². The average molecular weight is 251 g/mol. The quantitative estimate of drug-likeness (QED) is 0.764. The third kappa shape index (κ3) is 4.31. The molecule has 3 nitrogen and oxygen atoms in total. The minimum atomic E-state index is -0.552. The lowest BCUT2D eigenvalue weighted by atomic mass is 10.1. The molecule has 0 aliphatic heterocycles. The molecule has 2 N–H and O–H groups in total. The summed E-state index contributed by atoms with van der Waals surface area (Å²) < 4.78 is 5.88. The number of aliphatic hydroxyl groups is 1. The van der Waals surface area contributed by atoms with Gasteiger partial charge in [0, 0.05) is 6.54 Å². The molecule has 0 saturated heterocycles. The zero-order chi connectivity index (χ0) is 13.7. The second-order valence-corrected chi connectivity index (χ2v) is 5.28. The number of hydrogen-bond donors (Lipinski definition) is 2. The molecule has 0 amide bonds. The molecule has 0 fully saturated rings. The first-order valence-corrected chi connectivity index (χ1v) is 6.56. The molecule has 0 saturated carbocycles. The number of aryl methyl sites for hydroxylation is 1. The van der Waals surface area contributed by atoms with Crippen molar-refractivity contribution in [1.29, 1.82) is 0 Å². The monoisotopic (exact) mass is 251 g/mol. The normalized spacial score (nSPS) is 14.6. The van der Waals surface area contributed by atoms with Crippen LogP contribution in [0.2, 0.25) is 0 Å². The maximum Gasteiger partial charge on any atom is 0.176 e. The van der Waals surface area contributed by atoms with Gasteiger partial charge in [-0.05, 0) is 43.9 Å². The second-order valence-electron chi connectivity index (χ2n) is 5.28. The summed E-state index contributed by atoms with van der Waals surface area (Å²) in [4.78, 5) is 0. The Hall–Kier alpha value is -1.06. The fourth-order valence-electron chi connectivity index (χ4n) is 1.65. The van der Waals surface area contributed by atoms with Crippen LogP contribution in [0.5, 0.6) is 5.75 Å². The summed E-state index contributed by atoms with van der Waals surface area (Å²) in [5.41, 5.74) is 2.31. The first-order chi connectivity index (χ1) is 8.41. The molecule has 0 aliphatic rings. The van der Waals surface area contributed by atoms with E-state index in [9.17, 15) is 5.11 Å². The van der Waals surface area contributed by atoms with E-state index in [1.807, 2.05) is 19.1 Å². The number of rotatable bonds is 6. The van der Waals surface area contributed by atoms with Gasteiger partial charge >= 0.3 is 0 Å². The summed E-state index contributed by atoms with van der Waals surface area (Å²) in [7, 11) is 0. The van der Waals surface area contributed by atoms with Crippen LogP contribution in [0.25, 0.3) is 0 Å². The van der Waals surface area contributed by atoms with Crippen LogP contribution in [-0.4, -0.2) is 24.0 Å². The molecule has 0 heterocycles. The van der Waals surface area contributed by atoms with Crippen molar-refractivity contribution in [3.05, 3.63) is 29.3 Å². The van der Waals surface area contributed by atoms with Gasteiger partial charge in [0.25, 0.3) is 0 Å². The number of ether oxygens (including phenoxy) is 1. The standard InChI is InChI=1S/C15H25NO2/c1-10(2)9-16-15(13(5)17)18-14-8-6-7-11(3)12(14)4/h6-8,10,13,15-17H,9H2,1-5H3. The SMILES string of the molecule is Cc1cccc(OC(NCC(C)C)C(C)O)c1C. The molecule has 1 aromatic carbocycles. The summed E-state index contributed by atoms with van der Waals surface area (Å²) in [6.07, 6.45) is -0.920. The molecular weight excluding hydrogens is 226 g/mol. The predicted molar refractivity (Wildman–Crippen MR) is 74.9 cm³/mol. The first-order valence-electron chi connectivity index (χ1n) is 6.56. The van der Waals surface area contributed by atoms with Crippen LogP contribution in [-0.2, 0) is 0 Å². The maximum atomic E-state index is 9.76. The smallest absolute Gasteiger partial charge is 0.176 e. The lowest BCUT2D eigenvalue weighted by molar-refractivity contribution is 0.0248. The molecule has 0 bridgehead atoms. The Morgan fingerprint density at radius 1 is 1.22 bits per heavy atom. The Kier molecular flexibility index (Phi) is 5.63. The maximum absolute atomic E-state index is 9.76. The molecular formula is C15H25NO2. The van der Waals surface area contributed by atoms with Gasteiger partial charge in [0.15, 0.2) is 6.23 Å². The van der Waals surface area contributed by atoms with Gasteiger partial charge in [0.05, 0.1) is 0 Å². The van der Waals surface area contributed by atoms with Crippen molar-refractivity contribution in [1.82, 2.24) is 5.32 Å². The Morgan fingerprint density at radius 3 is 2.44 bits per heavy atom. The molecule has 0 spiro atoms. The highest BCUT2D eigenvalue weighted by Gasteiger charge is 2.17. The minimum Gasteiger partial charge on any atom is -0.472 e. The molecule has 1 aromatic rings. The van der Waals surface area contributed by atoms with Crippen LogP contribution >= 0.6 is 0 Å². The molecule has 0 radical (unpaired) electrons. The molecule has 1 rings (SSSR count). The third-order valence-corrected chi connectivity index (χ3v) is 2.97. The van der Waals surface area contributed by atoms with Gasteiger partial charge in [-0.3, -0.25) is 5.32 Å². The van der Waals surface area contributed by atoms with E-state index in [0.717, 1.165) is 17.9 Å². The number of hydrogen-bond acceptors (Lipinski definition) is 3. The highest BCUT2D eigenvalue weighted by Crippen LogP contribution is 2.22. The van der Waals surface area contributed by atoms with Crippen LogP contribution in [0.3, 0.4) is 0 Å². The average Bonchev–Trinajstić information content (AvgIpc) is 2.29. The lowest BCUT2D eigenvalue weighted by Crippen LogP contribution is -2.44. The van der Waals surface area contributed by atoms with Crippen molar-refractivity contribution >= 4 is 0 Å². The summed E-state index contributed by atoms with van der Waals surface area (Å²) in [6.45, 7) is 10.9. The van der Waals surface area contributed by atoms with Crippen LogP contribution in [0.1, 0.15) is 31.9 Å². The van der Waals surface area contributed by atoms with Gasteiger partial charge in [-0.1, -0.05) is 26.0 Å². The number of nitrogens with one attached hydrogen (secondary N) is 1. The molecule has 0 aliphatic carbocycles. The summed E-state index contributed by atoms with van der Waals surface area (Å²) in [5.74, 6) is 1.35. The highest BCUT2D eigenvalue weighted by atomic mass is 16.5. The minimum absolute atomic E-state index is 0.368. The van der Waals surface area contributed by atoms with E-state index in [0.29, 0.717) is 5.92 Å². The molecule has 2 unspecified atom stereocenters. The van der Waals surface area contributed by atoms with Gasteiger partial charge in [-0.15, -0.1) is 0 Å². The highest BCUT2D eigenvalue weighted by molar-refractivity contribution is 5.38. The van der Waals surface area contributed by atoms with Crippen molar-refractivity contribution in [3.63, 3.8) is 0 Å². The Labute approximate surface area is 110 Å². The molecule has 18 heavy (non-hydrogen) atoms. The zero-order valence-electron chi connectivity index (χ0n) is 12.0. The van der Waals surface area contributed by atoms with Crippen LogP contribution in [0, 0.1) is 19.8 Å². The molecule has 0 aromatic heterocycles. The van der Waals surface area contributed by atoms with Gasteiger partial charge in [-0.25, -0.2) is 0 Å².